The summed E-state index contributed by atoms with van der Waals surface area (Å²) in [5, 5.41) is 9.99. The number of aromatic nitrogens is 5. The van der Waals surface area contributed by atoms with Crippen LogP contribution in [0, 0.1) is 5.92 Å². The normalized spacial score (nSPS) is 17.7. The number of rotatable bonds is 6. The highest BCUT2D eigenvalue weighted by atomic mass is 16.2. The van der Waals surface area contributed by atoms with Gasteiger partial charge >= 0.3 is 0 Å². The molecule has 0 N–H and O–H groups in total. The van der Waals surface area contributed by atoms with Crippen LogP contribution in [0.5, 0.6) is 0 Å². The van der Waals surface area contributed by atoms with Gasteiger partial charge in [-0.2, -0.15) is 0 Å². The molecule has 5 rings (SSSR count). The number of nitrogens with zero attached hydrogens (tertiary/aromatic N) is 7. The van der Waals surface area contributed by atoms with Gasteiger partial charge in [0.1, 0.15) is 11.5 Å². The first-order valence-corrected chi connectivity index (χ1v) is 11.7. The molecular formula is C24H29N7O2. The SMILES string of the molecule is Cn1cc(-c2cc3cc(CC(=O)C4CCN(C(=O)CN5CCCC5)CC4)ncc3cn2)nn1. The lowest BCUT2D eigenvalue weighted by Gasteiger charge is -2.32. The molecule has 0 saturated carbocycles. The van der Waals surface area contributed by atoms with E-state index in [2.05, 4.69) is 25.2 Å². The third-order valence-corrected chi connectivity index (χ3v) is 6.74. The Morgan fingerprint density at radius 3 is 2.45 bits per heavy atom. The molecule has 1 amide bonds. The average molecular weight is 448 g/mol. The molecule has 3 aromatic rings. The fourth-order valence-corrected chi connectivity index (χ4v) is 4.79. The van der Waals surface area contributed by atoms with Gasteiger partial charge in [0, 0.05) is 55.9 Å². The van der Waals surface area contributed by atoms with E-state index in [1.54, 1.807) is 17.1 Å². The number of carbonyl (C=O) groups is 2. The molecule has 0 aromatic carbocycles. The van der Waals surface area contributed by atoms with E-state index in [1.807, 2.05) is 30.3 Å². The molecule has 33 heavy (non-hydrogen) atoms. The number of pyridine rings is 2. The van der Waals surface area contributed by atoms with Crippen LogP contribution >= 0.6 is 0 Å². The van der Waals surface area contributed by atoms with Gasteiger partial charge in [0.25, 0.3) is 0 Å². The molecule has 0 radical (unpaired) electrons. The number of aryl methyl sites for hydroxylation is 1. The summed E-state index contributed by atoms with van der Waals surface area (Å²) in [4.78, 5) is 38.6. The number of hydrogen-bond donors (Lipinski definition) is 0. The molecule has 0 aliphatic carbocycles. The summed E-state index contributed by atoms with van der Waals surface area (Å²) in [6.45, 7) is 3.90. The highest BCUT2D eigenvalue weighted by Crippen LogP contribution is 2.23. The lowest BCUT2D eigenvalue weighted by atomic mass is 9.90. The maximum atomic E-state index is 13.0. The molecule has 0 atom stereocenters. The smallest absolute Gasteiger partial charge is 0.236 e. The van der Waals surface area contributed by atoms with Crippen LogP contribution in [0.1, 0.15) is 31.4 Å². The Balaban J connectivity index is 1.19. The first kappa shape index (κ1) is 21.6. The van der Waals surface area contributed by atoms with E-state index in [1.165, 1.54) is 12.8 Å². The number of carbonyl (C=O) groups excluding carboxylic acids is 2. The summed E-state index contributed by atoms with van der Waals surface area (Å²) in [6.07, 6.45) is 9.51. The lowest BCUT2D eigenvalue weighted by Crippen LogP contribution is -2.44. The third kappa shape index (κ3) is 4.93. The quantitative estimate of drug-likeness (QED) is 0.569. The third-order valence-electron chi connectivity index (χ3n) is 6.74. The molecular weight excluding hydrogens is 418 g/mol. The minimum absolute atomic E-state index is 0.00840. The first-order chi connectivity index (χ1) is 16.0. The predicted molar refractivity (Wildman–Crippen MR) is 123 cm³/mol. The minimum Gasteiger partial charge on any atom is -0.342 e. The van der Waals surface area contributed by atoms with Crippen LogP contribution in [0.3, 0.4) is 0 Å². The van der Waals surface area contributed by atoms with E-state index in [0.717, 1.165) is 48.1 Å². The second-order valence-electron chi connectivity index (χ2n) is 9.15. The van der Waals surface area contributed by atoms with E-state index in [9.17, 15) is 9.59 Å². The summed E-state index contributed by atoms with van der Waals surface area (Å²) in [6, 6.07) is 3.92. The van der Waals surface area contributed by atoms with Gasteiger partial charge in [0.15, 0.2) is 0 Å². The Hall–Kier alpha value is -3.20. The van der Waals surface area contributed by atoms with E-state index in [0.29, 0.717) is 31.7 Å². The van der Waals surface area contributed by atoms with Crippen LogP contribution in [0.25, 0.3) is 22.2 Å². The molecule has 5 heterocycles. The van der Waals surface area contributed by atoms with Gasteiger partial charge in [-0.15, -0.1) is 5.10 Å². The fourth-order valence-electron chi connectivity index (χ4n) is 4.79. The molecule has 3 aromatic heterocycles. The van der Waals surface area contributed by atoms with Gasteiger partial charge in [-0.05, 0) is 56.3 Å². The zero-order valence-corrected chi connectivity index (χ0v) is 19.0. The number of amides is 1. The summed E-state index contributed by atoms with van der Waals surface area (Å²) < 4.78 is 1.64. The van der Waals surface area contributed by atoms with Gasteiger partial charge < -0.3 is 4.90 Å². The lowest BCUT2D eigenvalue weighted by molar-refractivity contribution is -0.135. The molecule has 2 fully saturated rings. The summed E-state index contributed by atoms with van der Waals surface area (Å²) >= 11 is 0. The molecule has 0 bridgehead atoms. The largest absolute Gasteiger partial charge is 0.342 e. The van der Waals surface area contributed by atoms with Crippen molar-refractivity contribution < 1.29 is 9.59 Å². The molecule has 2 aliphatic heterocycles. The predicted octanol–water partition coefficient (Wildman–Crippen LogP) is 1.87. The zero-order chi connectivity index (χ0) is 22.8. The Bertz CT molecular complexity index is 1160. The van der Waals surface area contributed by atoms with Crippen LogP contribution in [-0.2, 0) is 23.1 Å². The Morgan fingerprint density at radius 1 is 0.970 bits per heavy atom. The Morgan fingerprint density at radius 2 is 1.73 bits per heavy atom. The molecule has 0 spiro atoms. The Kier molecular flexibility index (Phi) is 6.13. The van der Waals surface area contributed by atoms with Crippen molar-refractivity contribution in [2.45, 2.75) is 32.1 Å². The highest BCUT2D eigenvalue weighted by molar-refractivity contribution is 5.87. The van der Waals surface area contributed by atoms with Crippen LogP contribution in [0.15, 0.2) is 30.7 Å². The summed E-state index contributed by atoms with van der Waals surface area (Å²) in [7, 11) is 1.82. The first-order valence-electron chi connectivity index (χ1n) is 11.7. The number of hydrogen-bond acceptors (Lipinski definition) is 7. The Labute approximate surface area is 192 Å². The van der Waals surface area contributed by atoms with Crippen molar-refractivity contribution in [1.29, 1.82) is 0 Å². The van der Waals surface area contributed by atoms with Gasteiger partial charge in [0.05, 0.1) is 18.4 Å². The van der Waals surface area contributed by atoms with Gasteiger partial charge in [-0.1, -0.05) is 5.21 Å². The van der Waals surface area contributed by atoms with Gasteiger partial charge in [-0.25, -0.2) is 0 Å². The van der Waals surface area contributed by atoms with Gasteiger partial charge in [0.2, 0.25) is 5.91 Å². The highest BCUT2D eigenvalue weighted by Gasteiger charge is 2.28. The maximum Gasteiger partial charge on any atom is 0.236 e. The van der Waals surface area contributed by atoms with E-state index >= 15 is 0 Å². The number of piperidine rings is 1. The maximum absolute atomic E-state index is 13.0. The zero-order valence-electron chi connectivity index (χ0n) is 19.0. The molecule has 9 heteroatoms. The van der Waals surface area contributed by atoms with Crippen molar-refractivity contribution in [2.24, 2.45) is 13.0 Å². The molecule has 0 unspecified atom stereocenters. The summed E-state index contributed by atoms with van der Waals surface area (Å²) in [5.74, 6) is 0.397. The average Bonchev–Trinajstić information content (AvgIpc) is 3.50. The minimum atomic E-state index is -0.00840. The monoisotopic (exact) mass is 447 g/mol. The number of likely N-dealkylation sites (tertiary alicyclic amines) is 2. The number of fused-ring (bicyclic) bond motifs is 1. The number of Topliss-reactive ketones (excluding diaryl/α,β-unsaturated/α-hetero) is 1. The second-order valence-corrected chi connectivity index (χ2v) is 9.15. The van der Waals surface area contributed by atoms with Crippen molar-refractivity contribution in [2.75, 3.05) is 32.7 Å². The van der Waals surface area contributed by atoms with Crippen LogP contribution in [0.4, 0.5) is 0 Å². The van der Waals surface area contributed by atoms with E-state index in [4.69, 9.17) is 0 Å². The van der Waals surface area contributed by atoms with Crippen molar-refractivity contribution in [3.05, 3.63) is 36.4 Å². The van der Waals surface area contributed by atoms with Crippen molar-refractivity contribution >= 4 is 22.5 Å². The number of ketones is 1. The fraction of sp³-hybridized carbons (Fsp3) is 0.500. The van der Waals surface area contributed by atoms with E-state index < -0.39 is 0 Å². The van der Waals surface area contributed by atoms with Crippen molar-refractivity contribution in [1.82, 2.24) is 34.8 Å². The standard InChI is InChI=1S/C24H29N7O2/c1-29-15-22(27-28-29)21-11-18-10-20(25-13-19(18)14-26-21)12-23(32)17-4-8-31(9-5-17)24(33)16-30-6-2-3-7-30/h10-11,13-15,17H,2-9,12,16H2,1H3. The summed E-state index contributed by atoms with van der Waals surface area (Å²) in [5.41, 5.74) is 2.21. The molecule has 9 nitrogen and oxygen atoms in total. The van der Waals surface area contributed by atoms with Crippen LogP contribution in [-0.4, -0.2) is 79.2 Å². The molecule has 2 aliphatic rings. The van der Waals surface area contributed by atoms with Crippen LogP contribution < -0.4 is 0 Å². The molecule has 2 saturated heterocycles. The van der Waals surface area contributed by atoms with E-state index in [-0.39, 0.29) is 17.6 Å². The van der Waals surface area contributed by atoms with Gasteiger partial charge in [-0.3, -0.25) is 29.1 Å². The van der Waals surface area contributed by atoms with Crippen LogP contribution in [0.2, 0.25) is 0 Å². The topological polar surface area (TPSA) is 97.1 Å². The second kappa shape index (κ2) is 9.35. The van der Waals surface area contributed by atoms with Crippen molar-refractivity contribution in [3.8, 4) is 11.4 Å². The molecule has 172 valence electrons. The van der Waals surface area contributed by atoms with Crippen molar-refractivity contribution in [3.63, 3.8) is 0 Å².